The van der Waals surface area contributed by atoms with E-state index in [-0.39, 0.29) is 22.7 Å². The number of nitrogens with zero attached hydrogens (tertiary/aromatic N) is 1. The van der Waals surface area contributed by atoms with Gasteiger partial charge in [-0.25, -0.2) is 8.42 Å². The van der Waals surface area contributed by atoms with Gasteiger partial charge in [0.15, 0.2) is 0 Å². The van der Waals surface area contributed by atoms with E-state index in [1.807, 2.05) is 38.1 Å². The molecule has 1 amide bonds. The summed E-state index contributed by atoms with van der Waals surface area (Å²) in [7, 11) is -3.61. The molecule has 2 N–H and O–H groups in total. The minimum Gasteiger partial charge on any atom is -0.348 e. The van der Waals surface area contributed by atoms with Crippen molar-refractivity contribution in [2.24, 2.45) is 4.99 Å². The highest BCUT2D eigenvalue weighted by atomic mass is 32.2. The number of carbonyl (C=O) groups excluding carboxylic acids is 1. The van der Waals surface area contributed by atoms with Crippen molar-refractivity contribution in [3.63, 3.8) is 0 Å². The number of fused-ring (bicyclic) bond motifs is 1. The zero-order valence-electron chi connectivity index (χ0n) is 14.9. The van der Waals surface area contributed by atoms with Crippen LogP contribution >= 0.6 is 0 Å². The number of amidine groups is 1. The lowest BCUT2D eigenvalue weighted by Gasteiger charge is -2.18. The predicted molar refractivity (Wildman–Crippen MR) is 100 cm³/mol. The average Bonchev–Trinajstić information content (AvgIpc) is 2.86. The molecule has 0 bridgehead atoms. The Hall–Kier alpha value is -2.67. The molecular weight excluding hydrogens is 350 g/mol. The number of aliphatic imine (C=N–C) groups is 1. The number of sulfonamides is 1. The van der Waals surface area contributed by atoms with Gasteiger partial charge in [-0.2, -0.15) is 0 Å². The van der Waals surface area contributed by atoms with Crippen molar-refractivity contribution < 1.29 is 13.2 Å². The topological polar surface area (TPSA) is 87.6 Å². The summed E-state index contributed by atoms with van der Waals surface area (Å²) in [5, 5.41) is 2.93. The summed E-state index contributed by atoms with van der Waals surface area (Å²) in [6.07, 6.45) is 0. The standard InChI is InChI=1S/C19H21N3O3S/c1-12-8-4-5-9-15(12)13(2)21-19(23)14(3)20-18-16-10-6-7-11-17(16)26(24,25)22-18/h4-11,13-14H,1-3H3,(H,20,22)(H,21,23)/t13-,14-/m0/s1. The van der Waals surface area contributed by atoms with Crippen LogP contribution in [0.4, 0.5) is 0 Å². The molecule has 6 nitrogen and oxygen atoms in total. The molecule has 3 rings (SSSR count). The minimum absolute atomic E-state index is 0.168. The Morgan fingerprint density at radius 1 is 1.08 bits per heavy atom. The first kappa shape index (κ1) is 18.1. The molecule has 1 heterocycles. The Bertz CT molecular complexity index is 983. The minimum atomic E-state index is -3.61. The maximum atomic E-state index is 12.5. The molecule has 0 aromatic heterocycles. The molecule has 1 aliphatic rings. The first-order valence-corrected chi connectivity index (χ1v) is 9.84. The van der Waals surface area contributed by atoms with Crippen molar-refractivity contribution in [1.29, 1.82) is 0 Å². The number of rotatable bonds is 4. The van der Waals surface area contributed by atoms with E-state index in [1.54, 1.807) is 25.1 Å². The fraction of sp³-hybridized carbons (Fsp3) is 0.263. The van der Waals surface area contributed by atoms with Gasteiger partial charge < -0.3 is 5.32 Å². The van der Waals surface area contributed by atoms with Gasteiger partial charge in [0.25, 0.3) is 10.0 Å². The number of benzene rings is 2. The summed E-state index contributed by atoms with van der Waals surface area (Å²) in [5.41, 5.74) is 2.61. The summed E-state index contributed by atoms with van der Waals surface area (Å²) >= 11 is 0. The SMILES string of the molecule is Cc1ccccc1[C@H](C)NC(=O)[C@H](C)N=C1NS(=O)(=O)c2ccccc21. The van der Waals surface area contributed by atoms with Crippen LogP contribution in [0.15, 0.2) is 58.4 Å². The Kier molecular flexibility index (Phi) is 4.82. The largest absolute Gasteiger partial charge is 0.348 e. The van der Waals surface area contributed by atoms with Crippen molar-refractivity contribution in [2.75, 3.05) is 0 Å². The number of hydrogen-bond donors (Lipinski definition) is 2. The van der Waals surface area contributed by atoms with Crippen LogP contribution in [-0.4, -0.2) is 26.2 Å². The number of hydrogen-bond acceptors (Lipinski definition) is 4. The van der Waals surface area contributed by atoms with E-state index < -0.39 is 16.1 Å². The van der Waals surface area contributed by atoms with Gasteiger partial charge in [0.2, 0.25) is 5.91 Å². The molecule has 0 saturated heterocycles. The van der Waals surface area contributed by atoms with E-state index in [9.17, 15) is 13.2 Å². The van der Waals surface area contributed by atoms with E-state index in [4.69, 9.17) is 0 Å². The van der Waals surface area contributed by atoms with E-state index in [0.717, 1.165) is 11.1 Å². The first-order valence-electron chi connectivity index (χ1n) is 8.35. The van der Waals surface area contributed by atoms with Gasteiger partial charge >= 0.3 is 0 Å². The molecule has 1 aliphatic heterocycles. The molecule has 0 saturated carbocycles. The van der Waals surface area contributed by atoms with Crippen molar-refractivity contribution in [2.45, 2.75) is 37.8 Å². The number of carbonyl (C=O) groups is 1. The predicted octanol–water partition coefficient (Wildman–Crippen LogP) is 2.30. The highest BCUT2D eigenvalue weighted by Gasteiger charge is 2.31. The van der Waals surface area contributed by atoms with Crippen molar-refractivity contribution >= 4 is 21.8 Å². The molecule has 0 unspecified atom stereocenters. The Morgan fingerprint density at radius 2 is 1.73 bits per heavy atom. The average molecular weight is 371 g/mol. The molecule has 7 heteroatoms. The molecule has 0 aliphatic carbocycles. The summed E-state index contributed by atoms with van der Waals surface area (Å²) in [4.78, 5) is 17.0. The van der Waals surface area contributed by atoms with Crippen LogP contribution < -0.4 is 10.0 Å². The molecule has 136 valence electrons. The second-order valence-corrected chi connectivity index (χ2v) is 7.99. The summed E-state index contributed by atoms with van der Waals surface area (Å²) < 4.78 is 26.7. The van der Waals surface area contributed by atoms with Crippen molar-refractivity contribution in [1.82, 2.24) is 10.0 Å². The van der Waals surface area contributed by atoms with Crippen LogP contribution in [0.2, 0.25) is 0 Å². The van der Waals surface area contributed by atoms with Crippen LogP contribution in [0.3, 0.4) is 0 Å². The summed E-state index contributed by atoms with van der Waals surface area (Å²) in [5.74, 6) is -0.0661. The van der Waals surface area contributed by atoms with Gasteiger partial charge in [-0.3, -0.25) is 14.5 Å². The summed E-state index contributed by atoms with van der Waals surface area (Å²) in [6.45, 7) is 5.54. The van der Waals surface area contributed by atoms with Crippen molar-refractivity contribution in [3.05, 3.63) is 65.2 Å². The second-order valence-electron chi connectivity index (χ2n) is 6.34. The van der Waals surface area contributed by atoms with E-state index in [0.29, 0.717) is 5.56 Å². The highest BCUT2D eigenvalue weighted by Crippen LogP contribution is 2.23. The van der Waals surface area contributed by atoms with Gasteiger partial charge in [0, 0.05) is 5.56 Å². The van der Waals surface area contributed by atoms with E-state index in [1.165, 1.54) is 6.07 Å². The van der Waals surface area contributed by atoms with E-state index in [2.05, 4.69) is 15.0 Å². The molecule has 2 aromatic carbocycles. The zero-order chi connectivity index (χ0) is 18.9. The second kappa shape index (κ2) is 6.92. The maximum Gasteiger partial charge on any atom is 0.263 e. The molecule has 0 fully saturated rings. The maximum absolute atomic E-state index is 12.5. The zero-order valence-corrected chi connectivity index (χ0v) is 15.7. The van der Waals surface area contributed by atoms with Gasteiger partial charge in [-0.15, -0.1) is 0 Å². The number of amides is 1. The normalized spacial score (nSPS) is 18.7. The van der Waals surface area contributed by atoms with Crippen molar-refractivity contribution in [3.8, 4) is 0 Å². The molecule has 0 spiro atoms. The Balaban J connectivity index is 1.78. The quantitative estimate of drug-likeness (QED) is 0.864. The Labute approximate surface area is 153 Å². The molecule has 2 aromatic rings. The molecular formula is C19H21N3O3S. The van der Waals surface area contributed by atoms with E-state index >= 15 is 0 Å². The fourth-order valence-corrected chi connectivity index (χ4v) is 4.21. The van der Waals surface area contributed by atoms with Gasteiger partial charge in [-0.05, 0) is 44.0 Å². The van der Waals surface area contributed by atoms with Crippen LogP contribution in [0, 0.1) is 6.92 Å². The lowest BCUT2D eigenvalue weighted by Crippen LogP contribution is -2.35. The number of nitrogens with one attached hydrogen (secondary N) is 2. The number of aryl methyl sites for hydroxylation is 1. The monoisotopic (exact) mass is 371 g/mol. The third-order valence-electron chi connectivity index (χ3n) is 4.38. The lowest BCUT2D eigenvalue weighted by atomic mass is 10.0. The summed E-state index contributed by atoms with van der Waals surface area (Å²) in [6, 6.07) is 13.5. The third-order valence-corrected chi connectivity index (χ3v) is 5.78. The molecule has 2 atom stereocenters. The Morgan fingerprint density at radius 3 is 2.46 bits per heavy atom. The smallest absolute Gasteiger partial charge is 0.263 e. The van der Waals surface area contributed by atoms with Crippen LogP contribution in [0.1, 0.15) is 36.6 Å². The van der Waals surface area contributed by atoms with Crippen LogP contribution in [0.5, 0.6) is 0 Å². The highest BCUT2D eigenvalue weighted by molar-refractivity contribution is 7.90. The van der Waals surface area contributed by atoms with Gasteiger partial charge in [0.05, 0.1) is 10.9 Å². The first-order chi connectivity index (χ1) is 12.3. The molecule has 26 heavy (non-hydrogen) atoms. The van der Waals surface area contributed by atoms with Crippen LogP contribution in [0.25, 0.3) is 0 Å². The van der Waals surface area contributed by atoms with Gasteiger partial charge in [0.1, 0.15) is 11.9 Å². The molecule has 0 radical (unpaired) electrons. The van der Waals surface area contributed by atoms with Gasteiger partial charge in [-0.1, -0.05) is 36.4 Å². The fourth-order valence-electron chi connectivity index (χ4n) is 2.97. The third kappa shape index (κ3) is 3.48. The lowest BCUT2D eigenvalue weighted by molar-refractivity contribution is -0.122. The van der Waals surface area contributed by atoms with Crippen LogP contribution in [-0.2, 0) is 14.8 Å².